The van der Waals surface area contributed by atoms with Crippen LogP contribution in [0.25, 0.3) is 22.0 Å². The Balaban J connectivity index is 1.75. The third-order valence-corrected chi connectivity index (χ3v) is 4.36. The lowest BCUT2D eigenvalue weighted by Gasteiger charge is -2.16. The molecule has 1 N–H and O–H groups in total. The lowest BCUT2D eigenvalue weighted by Crippen LogP contribution is -2.29. The number of H-pyrrole nitrogens is 1. The number of benzene rings is 2. The van der Waals surface area contributed by atoms with Crippen molar-refractivity contribution < 1.29 is 4.79 Å². The van der Waals surface area contributed by atoms with Gasteiger partial charge in [-0.1, -0.05) is 30.3 Å². The van der Waals surface area contributed by atoms with E-state index >= 15 is 0 Å². The zero-order chi connectivity index (χ0) is 16.7. The van der Waals surface area contributed by atoms with Crippen molar-refractivity contribution >= 4 is 22.5 Å². The maximum Gasteiger partial charge on any atom is 0.324 e. The van der Waals surface area contributed by atoms with Gasteiger partial charge in [-0.05, 0) is 18.2 Å². The molecule has 0 aliphatic carbocycles. The minimum absolute atomic E-state index is 0.00960. The Hall–Kier alpha value is -3.15. The molecule has 4 rings (SSSR count). The molecule has 0 radical (unpaired) electrons. The van der Waals surface area contributed by atoms with Crippen LogP contribution >= 0.6 is 0 Å². The number of hydrogen-bond acceptors (Lipinski definition) is 3. The predicted octanol–water partition coefficient (Wildman–Crippen LogP) is 2.46. The number of fused-ring (bicyclic) bond motifs is 1. The van der Waals surface area contributed by atoms with Gasteiger partial charge in [0.1, 0.15) is 0 Å². The maximum atomic E-state index is 12.1. The van der Waals surface area contributed by atoms with Gasteiger partial charge in [-0.2, -0.15) is 5.10 Å². The van der Waals surface area contributed by atoms with Crippen LogP contribution in [0.15, 0.2) is 53.3 Å². The first-order valence-electron chi connectivity index (χ1n) is 7.75. The summed E-state index contributed by atoms with van der Waals surface area (Å²) >= 11 is 0. The number of hydrogen-bond donors (Lipinski definition) is 1. The van der Waals surface area contributed by atoms with Crippen molar-refractivity contribution in [2.75, 3.05) is 25.0 Å². The molecule has 1 fully saturated rings. The fourth-order valence-electron chi connectivity index (χ4n) is 3.02. The molecule has 2 amide bonds. The quantitative estimate of drug-likeness (QED) is 0.788. The Labute approximate surface area is 138 Å². The Bertz CT molecular complexity index is 978. The zero-order valence-electron chi connectivity index (χ0n) is 13.2. The first-order valence-corrected chi connectivity index (χ1v) is 7.75. The van der Waals surface area contributed by atoms with E-state index in [4.69, 9.17) is 0 Å². The number of nitrogens with one attached hydrogen (secondary N) is 1. The van der Waals surface area contributed by atoms with E-state index in [0.717, 1.165) is 28.9 Å². The van der Waals surface area contributed by atoms with E-state index in [-0.39, 0.29) is 11.6 Å². The van der Waals surface area contributed by atoms with Gasteiger partial charge < -0.3 is 4.90 Å². The van der Waals surface area contributed by atoms with Crippen molar-refractivity contribution in [2.24, 2.45) is 0 Å². The molecular formula is C18H16N4O2. The summed E-state index contributed by atoms with van der Waals surface area (Å²) in [5.41, 5.74) is 2.28. The molecule has 0 bridgehead atoms. The minimum Gasteiger partial charge on any atom is -0.326 e. The number of amides is 2. The number of carbonyl (C=O) groups excluding carboxylic acids is 1. The predicted molar refractivity (Wildman–Crippen MR) is 93.2 cm³/mol. The first-order chi connectivity index (χ1) is 11.6. The fourth-order valence-corrected chi connectivity index (χ4v) is 3.02. The molecule has 1 aromatic heterocycles. The van der Waals surface area contributed by atoms with E-state index < -0.39 is 0 Å². The molecule has 0 saturated carbocycles. The average molecular weight is 320 g/mol. The molecule has 2 heterocycles. The molecule has 1 saturated heterocycles. The highest BCUT2D eigenvalue weighted by Gasteiger charge is 2.26. The van der Waals surface area contributed by atoms with Gasteiger partial charge in [-0.15, -0.1) is 0 Å². The molecule has 2 aromatic carbocycles. The first kappa shape index (κ1) is 14.4. The van der Waals surface area contributed by atoms with Crippen LogP contribution in [0, 0.1) is 0 Å². The van der Waals surface area contributed by atoms with Crippen LogP contribution in [0.3, 0.4) is 0 Å². The molecule has 24 heavy (non-hydrogen) atoms. The molecule has 3 aromatic rings. The second-order valence-electron chi connectivity index (χ2n) is 5.85. The summed E-state index contributed by atoms with van der Waals surface area (Å²) in [5.74, 6) is 0. The lowest BCUT2D eigenvalue weighted by atomic mass is 10.0. The molecule has 1 aliphatic heterocycles. The van der Waals surface area contributed by atoms with Crippen LogP contribution in [-0.2, 0) is 0 Å². The largest absolute Gasteiger partial charge is 0.326 e. The summed E-state index contributed by atoms with van der Waals surface area (Å²) in [6.07, 6.45) is 0. The van der Waals surface area contributed by atoms with E-state index in [9.17, 15) is 9.59 Å². The minimum atomic E-state index is -0.198. The number of aromatic amines is 1. The van der Waals surface area contributed by atoms with Crippen LogP contribution in [0.2, 0.25) is 0 Å². The van der Waals surface area contributed by atoms with Gasteiger partial charge in [-0.25, -0.2) is 9.89 Å². The van der Waals surface area contributed by atoms with Crippen LogP contribution in [0.5, 0.6) is 0 Å². The normalized spacial score (nSPS) is 14.6. The van der Waals surface area contributed by atoms with Gasteiger partial charge in [0.05, 0.1) is 11.1 Å². The summed E-state index contributed by atoms with van der Waals surface area (Å²) in [5, 5.41) is 8.18. The summed E-state index contributed by atoms with van der Waals surface area (Å²) < 4.78 is 0. The molecule has 6 nitrogen and oxygen atoms in total. The standard InChI is InChI=1S/C18H16N4O2/c1-21-10-11-22(18(21)24)13-8-6-12(7-9-13)16-14-4-2-3-5-15(14)17(23)20-19-16/h2-9H,10-11H2,1H3,(H,20,23). The van der Waals surface area contributed by atoms with Crippen molar-refractivity contribution in [3.63, 3.8) is 0 Å². The molecule has 0 spiro atoms. The third kappa shape index (κ3) is 2.23. The zero-order valence-corrected chi connectivity index (χ0v) is 13.2. The number of rotatable bonds is 2. The number of carbonyl (C=O) groups is 1. The van der Waals surface area contributed by atoms with Crippen LogP contribution in [0.4, 0.5) is 10.5 Å². The van der Waals surface area contributed by atoms with Crippen LogP contribution in [-0.4, -0.2) is 41.3 Å². The highest BCUT2D eigenvalue weighted by molar-refractivity contribution is 5.96. The van der Waals surface area contributed by atoms with Gasteiger partial charge in [0.15, 0.2) is 0 Å². The van der Waals surface area contributed by atoms with E-state index in [1.807, 2.05) is 42.5 Å². The topological polar surface area (TPSA) is 69.3 Å². The van der Waals surface area contributed by atoms with E-state index in [0.29, 0.717) is 11.9 Å². The molecule has 1 aliphatic rings. The Morgan fingerprint density at radius 2 is 1.67 bits per heavy atom. The highest BCUT2D eigenvalue weighted by atomic mass is 16.2. The third-order valence-electron chi connectivity index (χ3n) is 4.36. The van der Waals surface area contributed by atoms with Gasteiger partial charge in [0, 0.05) is 36.8 Å². The summed E-state index contributed by atoms with van der Waals surface area (Å²) in [7, 11) is 1.80. The Morgan fingerprint density at radius 1 is 0.958 bits per heavy atom. The molecule has 0 unspecified atom stereocenters. The number of aromatic nitrogens is 2. The van der Waals surface area contributed by atoms with E-state index in [1.54, 1.807) is 22.9 Å². The number of likely N-dealkylation sites (N-methyl/N-ethyl adjacent to an activating group) is 1. The SMILES string of the molecule is CN1CCN(c2ccc(-c3n[nH]c(=O)c4ccccc34)cc2)C1=O. The van der Waals surface area contributed by atoms with E-state index in [2.05, 4.69) is 10.2 Å². The Morgan fingerprint density at radius 3 is 2.33 bits per heavy atom. The smallest absolute Gasteiger partial charge is 0.324 e. The second kappa shape index (κ2) is 5.49. The summed E-state index contributed by atoms with van der Waals surface area (Å²) in [6, 6.07) is 15.1. The van der Waals surface area contributed by atoms with Crippen LogP contribution < -0.4 is 10.5 Å². The van der Waals surface area contributed by atoms with Gasteiger partial charge in [0.2, 0.25) is 0 Å². The monoisotopic (exact) mass is 320 g/mol. The van der Waals surface area contributed by atoms with Crippen molar-refractivity contribution in [3.05, 3.63) is 58.9 Å². The molecule has 120 valence electrons. The van der Waals surface area contributed by atoms with Crippen LogP contribution in [0.1, 0.15) is 0 Å². The number of anilines is 1. The van der Waals surface area contributed by atoms with E-state index in [1.165, 1.54) is 0 Å². The van der Waals surface area contributed by atoms with Crippen molar-refractivity contribution in [1.29, 1.82) is 0 Å². The second-order valence-corrected chi connectivity index (χ2v) is 5.85. The molecular weight excluding hydrogens is 304 g/mol. The summed E-state index contributed by atoms with van der Waals surface area (Å²) in [4.78, 5) is 27.4. The average Bonchev–Trinajstić information content (AvgIpc) is 2.95. The summed E-state index contributed by atoms with van der Waals surface area (Å²) in [6.45, 7) is 1.42. The number of urea groups is 1. The van der Waals surface area contributed by atoms with Crippen molar-refractivity contribution in [2.45, 2.75) is 0 Å². The maximum absolute atomic E-state index is 12.1. The van der Waals surface area contributed by atoms with Crippen molar-refractivity contribution in [1.82, 2.24) is 15.1 Å². The molecule has 6 heteroatoms. The lowest BCUT2D eigenvalue weighted by molar-refractivity contribution is 0.229. The Kier molecular flexibility index (Phi) is 3.30. The van der Waals surface area contributed by atoms with Crippen molar-refractivity contribution in [3.8, 4) is 11.3 Å². The highest BCUT2D eigenvalue weighted by Crippen LogP contribution is 2.27. The van der Waals surface area contributed by atoms with Gasteiger partial charge in [0.25, 0.3) is 5.56 Å². The number of nitrogens with zero attached hydrogens (tertiary/aromatic N) is 3. The fraction of sp³-hybridized carbons (Fsp3) is 0.167. The van der Waals surface area contributed by atoms with Gasteiger partial charge in [-0.3, -0.25) is 9.69 Å². The van der Waals surface area contributed by atoms with Gasteiger partial charge >= 0.3 is 6.03 Å². The molecule has 0 atom stereocenters.